The van der Waals surface area contributed by atoms with Gasteiger partial charge in [0.1, 0.15) is 0 Å². The maximum absolute atomic E-state index is 14.3. The Bertz CT molecular complexity index is 1630. The summed E-state index contributed by atoms with van der Waals surface area (Å²) in [5.74, 6) is -35.3. The monoisotopic (exact) mass is 844 g/mol. The Hall–Kier alpha value is -3.28. The first-order valence-corrected chi connectivity index (χ1v) is 15.5. The van der Waals surface area contributed by atoms with Crippen molar-refractivity contribution in [2.75, 3.05) is 27.2 Å². The van der Waals surface area contributed by atoms with Gasteiger partial charge in [0.05, 0.1) is 11.1 Å². The van der Waals surface area contributed by atoms with Gasteiger partial charge in [-0.1, -0.05) is 0 Å². The van der Waals surface area contributed by atoms with Crippen LogP contribution in [0.4, 0.5) is 79.0 Å². The summed E-state index contributed by atoms with van der Waals surface area (Å²) in [7, 11) is -15.1. The zero-order valence-corrected chi connectivity index (χ0v) is 26.5. The number of sulfonamides is 2. The predicted octanol–water partition coefficient (Wildman–Crippen LogP) is 5.54. The number of rotatable bonds is 16. The van der Waals surface area contributed by atoms with Crippen molar-refractivity contribution >= 4 is 32.0 Å². The summed E-state index contributed by atoms with van der Waals surface area (Å²) in [4.78, 5) is 23.5. The average molecular weight is 844 g/mol. The van der Waals surface area contributed by atoms with E-state index in [4.69, 9.17) is 0 Å². The number of nitrogens with zero attached hydrogens (tertiary/aromatic N) is 2. The molecule has 0 atom stereocenters. The molecule has 0 fully saturated rings. The Labute approximate surface area is 277 Å². The molecule has 1 rings (SSSR count). The van der Waals surface area contributed by atoms with Crippen molar-refractivity contribution in [3.05, 3.63) is 34.4 Å². The van der Waals surface area contributed by atoms with Crippen molar-refractivity contribution in [2.45, 2.75) is 59.4 Å². The molecule has 0 unspecified atom stereocenters. The number of halogens is 18. The third kappa shape index (κ3) is 7.29. The van der Waals surface area contributed by atoms with E-state index in [1.807, 2.05) is 0 Å². The van der Waals surface area contributed by atoms with E-state index in [9.17, 15) is 116 Å². The van der Waals surface area contributed by atoms with Gasteiger partial charge >= 0.3 is 58.5 Å². The maximum atomic E-state index is 14.3. The van der Waals surface area contributed by atoms with Crippen molar-refractivity contribution in [1.29, 1.82) is 0 Å². The molecule has 302 valence electrons. The Morgan fingerprint density at radius 2 is 0.750 bits per heavy atom. The summed E-state index contributed by atoms with van der Waals surface area (Å²) < 4.78 is 287. The van der Waals surface area contributed by atoms with Crippen molar-refractivity contribution in [3.63, 3.8) is 0 Å². The minimum absolute atomic E-state index is 0.175. The molecule has 0 bridgehead atoms. The lowest BCUT2D eigenvalue weighted by molar-refractivity contribution is -0.382. The summed E-state index contributed by atoms with van der Waals surface area (Å²) in [6.07, 6.45) is -18.1. The molecular weight excluding hydrogens is 826 g/mol. The summed E-state index contributed by atoms with van der Waals surface area (Å²) in [6.45, 7) is -3.74. The van der Waals surface area contributed by atoms with E-state index in [2.05, 4.69) is 0 Å². The van der Waals surface area contributed by atoms with Crippen LogP contribution >= 0.6 is 0 Å². The molecule has 0 spiro atoms. The minimum atomic E-state index is -7.75. The molecule has 10 nitrogen and oxygen atoms in total. The molecule has 0 amide bonds. The molecule has 0 aliphatic carbocycles. The highest BCUT2D eigenvalue weighted by Gasteiger charge is 2.87. The number of carbonyl (C=O) groups is 2. The van der Waals surface area contributed by atoms with Gasteiger partial charge in [-0.2, -0.15) is 87.6 Å². The van der Waals surface area contributed by atoms with Crippen LogP contribution in [0.5, 0.6) is 0 Å². The fourth-order valence-electron chi connectivity index (χ4n) is 3.88. The number of carboxylic acids is 2. The van der Waals surface area contributed by atoms with Crippen LogP contribution in [-0.2, 0) is 32.9 Å². The van der Waals surface area contributed by atoms with Gasteiger partial charge in [-0.3, -0.25) is 0 Å². The van der Waals surface area contributed by atoms with Crippen LogP contribution in [0.2, 0.25) is 0 Å². The van der Waals surface area contributed by atoms with Crippen LogP contribution in [0.15, 0.2) is 12.1 Å². The highest BCUT2D eigenvalue weighted by molar-refractivity contribution is 7.90. The smallest absolute Gasteiger partial charge is 0.460 e. The normalized spacial score (nSPS) is 15.0. The fourth-order valence-corrected chi connectivity index (χ4v) is 6.23. The van der Waals surface area contributed by atoms with E-state index in [0.29, 0.717) is 12.1 Å². The van der Waals surface area contributed by atoms with Gasteiger partial charge in [-0.05, 0) is 36.1 Å². The summed E-state index contributed by atoms with van der Waals surface area (Å²) in [6, 6.07) is 0.639. The molecule has 1 aromatic carbocycles. The number of carboxylic acid groups (broad SMARTS) is 2. The maximum Gasteiger partial charge on any atom is 0.460 e. The largest absolute Gasteiger partial charge is 0.478 e. The highest BCUT2D eigenvalue weighted by atomic mass is 32.2. The van der Waals surface area contributed by atoms with E-state index in [1.54, 1.807) is 0 Å². The molecule has 0 saturated carbocycles. The standard InChI is InChI=1S/C22H18F18N2O8S2/c1-41(51(47,48)21(37,38)17(27,28)15(23,24)19(31,32)33)7-5-9-10(12(14(45)46)4-3-11(9)13(43)44)6-8-42(2)52(49,50)22(39,40)18(29,30)16(25,26)20(34,35)36/h3-4H,5-8H2,1-2H3,(H,43,44)(H,45,46). The molecule has 0 aliphatic heterocycles. The quantitative estimate of drug-likeness (QED) is 0.206. The van der Waals surface area contributed by atoms with Gasteiger partial charge in [0.25, 0.3) is 20.0 Å². The summed E-state index contributed by atoms with van der Waals surface area (Å²) in [5, 5.41) is 4.27. The van der Waals surface area contributed by atoms with E-state index >= 15 is 0 Å². The predicted molar refractivity (Wildman–Crippen MR) is 133 cm³/mol. The zero-order chi connectivity index (χ0) is 41.9. The molecule has 30 heteroatoms. The summed E-state index contributed by atoms with van der Waals surface area (Å²) in [5.41, 5.74) is -4.90. The Balaban J connectivity index is 3.73. The highest BCUT2D eigenvalue weighted by Crippen LogP contribution is 2.56. The molecule has 2 N–H and O–H groups in total. The van der Waals surface area contributed by atoms with E-state index in [0.717, 1.165) is 0 Å². The third-order valence-corrected chi connectivity index (χ3v) is 10.8. The van der Waals surface area contributed by atoms with Gasteiger partial charge < -0.3 is 10.2 Å². The number of likely N-dealkylation sites (N-methyl/N-ethyl adjacent to an activating group) is 2. The minimum Gasteiger partial charge on any atom is -0.478 e. The van der Waals surface area contributed by atoms with Gasteiger partial charge in [-0.15, -0.1) is 0 Å². The number of aromatic carboxylic acids is 2. The molecule has 0 radical (unpaired) electrons. The SMILES string of the molecule is CN(CCc1c(C(=O)O)ccc(C(=O)O)c1CCN(C)S(=O)(=O)C(F)(F)C(F)(F)C(F)(F)C(F)(F)F)S(=O)(=O)C(F)(F)C(F)(F)C(F)(F)C(F)(F)F. The van der Waals surface area contributed by atoms with E-state index in [1.165, 1.54) is 0 Å². The number of hydrogen-bond donors (Lipinski definition) is 2. The van der Waals surface area contributed by atoms with Crippen LogP contribution in [-0.4, -0.2) is 121 Å². The first-order valence-electron chi connectivity index (χ1n) is 12.6. The van der Waals surface area contributed by atoms with Gasteiger partial charge in [0, 0.05) is 27.2 Å². The average Bonchev–Trinajstić information content (AvgIpc) is 2.96. The van der Waals surface area contributed by atoms with Crippen molar-refractivity contribution in [2.24, 2.45) is 0 Å². The first kappa shape index (κ1) is 46.7. The lowest BCUT2D eigenvalue weighted by Crippen LogP contribution is -2.65. The number of hydrogen-bond acceptors (Lipinski definition) is 6. The second kappa shape index (κ2) is 13.9. The molecular formula is C22H18F18N2O8S2. The Kier molecular flexibility index (Phi) is 12.4. The lowest BCUT2D eigenvalue weighted by Gasteiger charge is -2.35. The topological polar surface area (TPSA) is 149 Å². The molecule has 0 heterocycles. The zero-order valence-electron chi connectivity index (χ0n) is 24.8. The Morgan fingerprint density at radius 3 is 0.942 bits per heavy atom. The van der Waals surface area contributed by atoms with Crippen molar-refractivity contribution in [3.8, 4) is 0 Å². The second-order valence-corrected chi connectivity index (χ2v) is 14.4. The first-order chi connectivity index (χ1) is 22.7. The van der Waals surface area contributed by atoms with E-state index < -0.39 is 135 Å². The van der Waals surface area contributed by atoms with Crippen molar-refractivity contribution in [1.82, 2.24) is 8.61 Å². The molecule has 0 aliphatic rings. The van der Waals surface area contributed by atoms with Crippen LogP contribution in [0.25, 0.3) is 0 Å². The van der Waals surface area contributed by atoms with Crippen molar-refractivity contribution < 1.29 is 116 Å². The molecule has 52 heavy (non-hydrogen) atoms. The van der Waals surface area contributed by atoms with Gasteiger partial charge in [0.2, 0.25) is 0 Å². The van der Waals surface area contributed by atoms with E-state index in [-0.39, 0.29) is 14.1 Å². The third-order valence-electron chi connectivity index (χ3n) is 6.95. The van der Waals surface area contributed by atoms with Crippen LogP contribution in [0, 0.1) is 0 Å². The van der Waals surface area contributed by atoms with Crippen LogP contribution < -0.4 is 0 Å². The van der Waals surface area contributed by atoms with Gasteiger partial charge in [-0.25, -0.2) is 26.4 Å². The van der Waals surface area contributed by atoms with Crippen LogP contribution in [0.3, 0.4) is 0 Å². The Morgan fingerprint density at radius 1 is 0.519 bits per heavy atom. The summed E-state index contributed by atoms with van der Waals surface area (Å²) >= 11 is 0. The lowest BCUT2D eigenvalue weighted by atomic mass is 9.91. The molecule has 1 aromatic rings. The second-order valence-electron chi connectivity index (χ2n) is 10.2. The number of alkyl halides is 18. The van der Waals surface area contributed by atoms with Gasteiger partial charge in [0.15, 0.2) is 0 Å². The fraction of sp³-hybridized carbons (Fsp3) is 0.636. The molecule has 0 saturated heterocycles. The number of benzene rings is 1. The molecule has 0 aromatic heterocycles. The van der Waals surface area contributed by atoms with Crippen LogP contribution in [0.1, 0.15) is 31.8 Å².